The van der Waals surface area contributed by atoms with Crippen molar-refractivity contribution in [1.29, 1.82) is 0 Å². The Morgan fingerprint density at radius 3 is 2.60 bits per heavy atom. The van der Waals surface area contributed by atoms with Crippen LogP contribution in [0.25, 0.3) is 11.4 Å². The Morgan fingerprint density at radius 2 is 1.90 bits per heavy atom. The highest BCUT2D eigenvalue weighted by Gasteiger charge is 2.17. The number of aryl methyl sites for hydroxylation is 1. The molecule has 1 N–H and O–H groups in total. The predicted molar refractivity (Wildman–Crippen MR) is 118 cm³/mol. The van der Waals surface area contributed by atoms with Crippen LogP contribution in [-0.2, 0) is 11.2 Å². The maximum atomic E-state index is 12.2. The summed E-state index contributed by atoms with van der Waals surface area (Å²) in [6.45, 7) is 11.8. The number of nitrogens with one attached hydrogen (secondary N) is 1. The number of aromatic nitrogens is 2. The topological polar surface area (TPSA) is 74.5 Å². The van der Waals surface area contributed by atoms with Gasteiger partial charge in [0.1, 0.15) is 0 Å². The van der Waals surface area contributed by atoms with E-state index in [2.05, 4.69) is 39.1 Å². The molecule has 1 fully saturated rings. The SMILES string of the molecule is CCN1CCN(CC(C)CNC(=O)CCCc2nc(-c3ccc(Cl)cc3)no2)CC1. The molecule has 1 amide bonds. The van der Waals surface area contributed by atoms with Gasteiger partial charge in [-0.15, -0.1) is 0 Å². The Labute approximate surface area is 183 Å². The van der Waals surface area contributed by atoms with E-state index in [1.807, 2.05) is 12.1 Å². The number of nitrogens with zero attached hydrogens (tertiary/aromatic N) is 4. The molecule has 1 aromatic carbocycles. The molecule has 164 valence electrons. The Kier molecular flexibility index (Phi) is 8.66. The molecule has 8 heteroatoms. The monoisotopic (exact) mass is 433 g/mol. The molecule has 0 saturated carbocycles. The van der Waals surface area contributed by atoms with Crippen LogP contribution in [0.1, 0.15) is 32.6 Å². The van der Waals surface area contributed by atoms with E-state index < -0.39 is 0 Å². The van der Waals surface area contributed by atoms with E-state index in [4.69, 9.17) is 16.1 Å². The lowest BCUT2D eigenvalue weighted by atomic mass is 10.1. The van der Waals surface area contributed by atoms with E-state index in [1.165, 1.54) is 0 Å². The first-order valence-corrected chi connectivity index (χ1v) is 11.2. The van der Waals surface area contributed by atoms with E-state index in [9.17, 15) is 4.79 Å². The Balaban J connectivity index is 1.31. The van der Waals surface area contributed by atoms with Gasteiger partial charge in [0.25, 0.3) is 0 Å². The molecular weight excluding hydrogens is 402 g/mol. The molecule has 0 radical (unpaired) electrons. The van der Waals surface area contributed by atoms with Crippen LogP contribution in [0.2, 0.25) is 5.02 Å². The average molecular weight is 434 g/mol. The minimum absolute atomic E-state index is 0.0788. The van der Waals surface area contributed by atoms with Crippen molar-refractivity contribution in [2.24, 2.45) is 5.92 Å². The summed E-state index contributed by atoms with van der Waals surface area (Å²) in [6, 6.07) is 7.30. The lowest BCUT2D eigenvalue weighted by molar-refractivity contribution is -0.121. The molecule has 1 aliphatic rings. The zero-order valence-corrected chi connectivity index (χ0v) is 18.7. The first-order chi connectivity index (χ1) is 14.5. The number of carbonyl (C=O) groups excluding carboxylic acids is 1. The molecule has 1 aliphatic heterocycles. The fourth-order valence-electron chi connectivity index (χ4n) is 3.64. The fraction of sp³-hybridized carbons (Fsp3) is 0.591. The van der Waals surface area contributed by atoms with Gasteiger partial charge in [-0.3, -0.25) is 4.79 Å². The van der Waals surface area contributed by atoms with Gasteiger partial charge in [0.15, 0.2) is 0 Å². The van der Waals surface area contributed by atoms with E-state index in [1.54, 1.807) is 12.1 Å². The van der Waals surface area contributed by atoms with Crippen LogP contribution >= 0.6 is 11.6 Å². The zero-order valence-electron chi connectivity index (χ0n) is 17.9. The molecule has 0 bridgehead atoms. The maximum absolute atomic E-state index is 12.2. The Hall–Kier alpha value is -1.96. The van der Waals surface area contributed by atoms with Gasteiger partial charge in [0.05, 0.1) is 0 Å². The summed E-state index contributed by atoms with van der Waals surface area (Å²) in [5, 5.41) is 7.73. The number of benzene rings is 1. The molecule has 3 rings (SSSR count). The van der Waals surface area contributed by atoms with E-state index in [0.717, 1.165) is 44.8 Å². The minimum atomic E-state index is 0.0788. The molecule has 1 unspecified atom stereocenters. The van der Waals surface area contributed by atoms with Gasteiger partial charge in [0, 0.05) is 62.7 Å². The third-order valence-electron chi connectivity index (χ3n) is 5.49. The quantitative estimate of drug-likeness (QED) is 0.620. The van der Waals surface area contributed by atoms with Crippen molar-refractivity contribution < 1.29 is 9.32 Å². The fourth-order valence-corrected chi connectivity index (χ4v) is 3.77. The average Bonchev–Trinajstić information content (AvgIpc) is 3.22. The van der Waals surface area contributed by atoms with Crippen LogP contribution < -0.4 is 5.32 Å². The molecule has 30 heavy (non-hydrogen) atoms. The van der Waals surface area contributed by atoms with E-state index in [-0.39, 0.29) is 5.91 Å². The number of hydrogen-bond acceptors (Lipinski definition) is 6. The number of carbonyl (C=O) groups is 1. The summed E-state index contributed by atoms with van der Waals surface area (Å²) in [4.78, 5) is 21.5. The van der Waals surface area contributed by atoms with Gasteiger partial charge >= 0.3 is 0 Å². The van der Waals surface area contributed by atoms with Gasteiger partial charge in [-0.25, -0.2) is 0 Å². The van der Waals surface area contributed by atoms with Crippen molar-refractivity contribution in [2.45, 2.75) is 33.1 Å². The van der Waals surface area contributed by atoms with Crippen LogP contribution in [0.15, 0.2) is 28.8 Å². The number of likely N-dealkylation sites (N-methyl/N-ethyl adjacent to an activating group) is 1. The second-order valence-electron chi connectivity index (χ2n) is 8.02. The van der Waals surface area contributed by atoms with Gasteiger partial charge in [0.2, 0.25) is 17.6 Å². The standard InChI is InChI=1S/C22H32ClN5O2/c1-3-27-11-13-28(14-12-27)16-17(2)15-24-20(29)5-4-6-21-25-22(26-30-21)18-7-9-19(23)10-8-18/h7-10,17H,3-6,11-16H2,1-2H3,(H,24,29). The summed E-state index contributed by atoms with van der Waals surface area (Å²) in [5.74, 6) is 1.61. The van der Waals surface area contributed by atoms with Crippen LogP contribution in [0.5, 0.6) is 0 Å². The normalized spacial score (nSPS) is 16.5. The van der Waals surface area contributed by atoms with Crippen LogP contribution in [0.3, 0.4) is 0 Å². The maximum Gasteiger partial charge on any atom is 0.226 e. The van der Waals surface area contributed by atoms with E-state index in [0.29, 0.717) is 48.5 Å². The van der Waals surface area contributed by atoms with Crippen LogP contribution in [0, 0.1) is 5.92 Å². The molecular formula is C22H32ClN5O2. The lowest BCUT2D eigenvalue weighted by Crippen LogP contribution is -2.48. The highest BCUT2D eigenvalue weighted by molar-refractivity contribution is 6.30. The van der Waals surface area contributed by atoms with Gasteiger partial charge < -0.3 is 19.6 Å². The molecule has 2 heterocycles. The van der Waals surface area contributed by atoms with E-state index >= 15 is 0 Å². The van der Waals surface area contributed by atoms with Crippen molar-refractivity contribution in [2.75, 3.05) is 45.8 Å². The second kappa shape index (κ2) is 11.4. The third kappa shape index (κ3) is 7.07. The zero-order chi connectivity index (χ0) is 21.3. The molecule has 1 saturated heterocycles. The van der Waals surface area contributed by atoms with Crippen molar-refractivity contribution in [1.82, 2.24) is 25.3 Å². The van der Waals surface area contributed by atoms with Gasteiger partial charge in [-0.2, -0.15) is 4.98 Å². The van der Waals surface area contributed by atoms with Crippen LogP contribution in [0.4, 0.5) is 0 Å². The molecule has 1 aromatic heterocycles. The molecule has 0 spiro atoms. The lowest BCUT2D eigenvalue weighted by Gasteiger charge is -2.35. The largest absolute Gasteiger partial charge is 0.356 e. The highest BCUT2D eigenvalue weighted by Crippen LogP contribution is 2.19. The molecule has 0 aliphatic carbocycles. The van der Waals surface area contributed by atoms with Gasteiger partial charge in [-0.1, -0.05) is 30.6 Å². The Morgan fingerprint density at radius 1 is 1.20 bits per heavy atom. The number of amides is 1. The summed E-state index contributed by atoms with van der Waals surface area (Å²) < 4.78 is 5.29. The second-order valence-corrected chi connectivity index (χ2v) is 8.45. The van der Waals surface area contributed by atoms with Crippen molar-refractivity contribution in [3.63, 3.8) is 0 Å². The first kappa shape index (κ1) is 22.7. The highest BCUT2D eigenvalue weighted by atomic mass is 35.5. The number of halogens is 1. The van der Waals surface area contributed by atoms with Gasteiger partial charge in [-0.05, 0) is 43.1 Å². The summed E-state index contributed by atoms with van der Waals surface area (Å²) in [7, 11) is 0. The van der Waals surface area contributed by atoms with Crippen molar-refractivity contribution in [3.8, 4) is 11.4 Å². The van der Waals surface area contributed by atoms with Crippen molar-refractivity contribution in [3.05, 3.63) is 35.2 Å². The molecule has 2 aromatic rings. The molecule has 1 atom stereocenters. The smallest absolute Gasteiger partial charge is 0.226 e. The minimum Gasteiger partial charge on any atom is -0.356 e. The molecule has 7 nitrogen and oxygen atoms in total. The first-order valence-electron chi connectivity index (χ1n) is 10.8. The summed E-state index contributed by atoms with van der Waals surface area (Å²) >= 11 is 5.90. The van der Waals surface area contributed by atoms with Crippen molar-refractivity contribution >= 4 is 17.5 Å². The number of rotatable bonds is 10. The number of hydrogen-bond donors (Lipinski definition) is 1. The summed E-state index contributed by atoms with van der Waals surface area (Å²) in [5.41, 5.74) is 0.859. The predicted octanol–water partition coefficient (Wildman–Crippen LogP) is 3.10. The number of piperazine rings is 1. The Bertz CT molecular complexity index is 787. The van der Waals surface area contributed by atoms with Crippen LogP contribution in [-0.4, -0.2) is 71.7 Å². The summed E-state index contributed by atoms with van der Waals surface area (Å²) in [6.07, 6.45) is 1.73. The third-order valence-corrected chi connectivity index (χ3v) is 5.75.